The topological polar surface area (TPSA) is 46.3 Å². The van der Waals surface area contributed by atoms with Crippen LogP contribution >= 0.6 is 0 Å². The molecule has 0 bridgehead atoms. The molecule has 0 saturated carbocycles. The van der Waals surface area contributed by atoms with Crippen molar-refractivity contribution < 1.29 is 9.32 Å². The first-order valence-corrected chi connectivity index (χ1v) is 7.99. The molecule has 1 aliphatic rings. The second-order valence-electron chi connectivity index (χ2n) is 6.19. The number of carbonyl (C=O) groups is 1. The summed E-state index contributed by atoms with van der Waals surface area (Å²) in [6.07, 6.45) is 3.20. The molecule has 22 heavy (non-hydrogen) atoms. The van der Waals surface area contributed by atoms with E-state index in [0.717, 1.165) is 31.6 Å². The predicted molar refractivity (Wildman–Crippen MR) is 84.7 cm³/mol. The number of likely N-dealkylation sites (tertiary alicyclic amines) is 1. The minimum atomic E-state index is -0.0239. The summed E-state index contributed by atoms with van der Waals surface area (Å²) in [6.45, 7) is 4.84. The number of amides is 1. The van der Waals surface area contributed by atoms with Gasteiger partial charge in [0.1, 0.15) is 5.76 Å². The number of hydrogen-bond donors (Lipinski definition) is 0. The second kappa shape index (κ2) is 6.34. The number of nitrogens with zero attached hydrogens (tertiary/aromatic N) is 2. The molecule has 4 nitrogen and oxygen atoms in total. The van der Waals surface area contributed by atoms with Crippen LogP contribution in [0.15, 0.2) is 40.9 Å². The van der Waals surface area contributed by atoms with Crippen LogP contribution < -0.4 is 0 Å². The monoisotopic (exact) mass is 298 g/mol. The molecule has 0 unspecified atom stereocenters. The van der Waals surface area contributed by atoms with Crippen molar-refractivity contribution in [1.82, 2.24) is 10.1 Å². The summed E-state index contributed by atoms with van der Waals surface area (Å²) in [7, 11) is 0. The molecule has 4 heteroatoms. The SMILES string of the molecule is CC(C)c1cc(C(=O)N2CCCC[C@@H]2c2ccccc2)no1. The van der Waals surface area contributed by atoms with Crippen LogP contribution in [-0.2, 0) is 0 Å². The van der Waals surface area contributed by atoms with Crippen LogP contribution in [0.4, 0.5) is 0 Å². The van der Waals surface area contributed by atoms with Gasteiger partial charge in [0, 0.05) is 18.5 Å². The van der Waals surface area contributed by atoms with Gasteiger partial charge < -0.3 is 9.42 Å². The molecule has 1 fully saturated rings. The smallest absolute Gasteiger partial charge is 0.276 e. The van der Waals surface area contributed by atoms with Crippen molar-refractivity contribution in [3.63, 3.8) is 0 Å². The summed E-state index contributed by atoms with van der Waals surface area (Å²) in [5.41, 5.74) is 1.62. The highest BCUT2D eigenvalue weighted by atomic mass is 16.5. The Morgan fingerprint density at radius 3 is 2.73 bits per heavy atom. The van der Waals surface area contributed by atoms with Gasteiger partial charge in [-0.1, -0.05) is 49.3 Å². The molecule has 0 aliphatic carbocycles. The molecule has 0 radical (unpaired) electrons. The van der Waals surface area contributed by atoms with E-state index in [2.05, 4.69) is 17.3 Å². The number of carbonyl (C=O) groups excluding carboxylic acids is 1. The fourth-order valence-electron chi connectivity index (χ4n) is 3.01. The average molecular weight is 298 g/mol. The minimum absolute atomic E-state index is 0.0239. The number of aromatic nitrogens is 1. The van der Waals surface area contributed by atoms with Gasteiger partial charge in [-0.05, 0) is 24.8 Å². The lowest BCUT2D eigenvalue weighted by Gasteiger charge is -2.35. The maximum absolute atomic E-state index is 12.8. The Hall–Kier alpha value is -2.10. The van der Waals surface area contributed by atoms with Crippen LogP contribution in [0.2, 0.25) is 0 Å². The van der Waals surface area contributed by atoms with Crippen molar-refractivity contribution in [3.05, 3.63) is 53.4 Å². The van der Waals surface area contributed by atoms with E-state index in [0.29, 0.717) is 5.69 Å². The zero-order valence-corrected chi connectivity index (χ0v) is 13.2. The molecule has 1 aromatic heterocycles. The van der Waals surface area contributed by atoms with E-state index in [9.17, 15) is 4.79 Å². The summed E-state index contributed by atoms with van der Waals surface area (Å²) in [5.74, 6) is 0.973. The molecule has 1 aliphatic heterocycles. The van der Waals surface area contributed by atoms with E-state index in [1.807, 2.05) is 36.9 Å². The Balaban J connectivity index is 1.85. The van der Waals surface area contributed by atoms with E-state index in [-0.39, 0.29) is 17.9 Å². The third-order valence-corrected chi connectivity index (χ3v) is 4.26. The second-order valence-corrected chi connectivity index (χ2v) is 6.19. The quantitative estimate of drug-likeness (QED) is 0.854. The lowest BCUT2D eigenvalue weighted by atomic mass is 9.95. The van der Waals surface area contributed by atoms with E-state index >= 15 is 0 Å². The third kappa shape index (κ3) is 2.91. The Kier molecular flexibility index (Phi) is 4.27. The van der Waals surface area contributed by atoms with Gasteiger partial charge >= 0.3 is 0 Å². The summed E-state index contributed by atoms with van der Waals surface area (Å²) in [6, 6.07) is 12.2. The zero-order valence-electron chi connectivity index (χ0n) is 13.2. The van der Waals surface area contributed by atoms with E-state index in [1.54, 1.807) is 6.07 Å². The molecule has 0 spiro atoms. The molecule has 1 amide bonds. The van der Waals surface area contributed by atoms with Gasteiger partial charge in [-0.2, -0.15) is 0 Å². The van der Waals surface area contributed by atoms with E-state index in [1.165, 1.54) is 5.56 Å². The summed E-state index contributed by atoms with van der Waals surface area (Å²) >= 11 is 0. The Bertz CT molecular complexity index is 634. The molecule has 1 saturated heterocycles. The van der Waals surface area contributed by atoms with E-state index in [4.69, 9.17) is 4.52 Å². The molecule has 116 valence electrons. The largest absolute Gasteiger partial charge is 0.360 e. The van der Waals surface area contributed by atoms with E-state index < -0.39 is 0 Å². The van der Waals surface area contributed by atoms with Crippen LogP contribution in [0.3, 0.4) is 0 Å². The lowest BCUT2D eigenvalue weighted by Crippen LogP contribution is -2.38. The van der Waals surface area contributed by atoms with Crippen LogP contribution in [0, 0.1) is 0 Å². The Morgan fingerprint density at radius 1 is 1.27 bits per heavy atom. The van der Waals surface area contributed by atoms with Crippen molar-refractivity contribution in [2.75, 3.05) is 6.54 Å². The first kappa shape index (κ1) is 14.8. The molecule has 1 atom stereocenters. The van der Waals surface area contributed by atoms with Crippen molar-refractivity contribution in [2.45, 2.75) is 45.1 Å². The number of benzene rings is 1. The predicted octanol–water partition coefficient (Wildman–Crippen LogP) is 4.17. The van der Waals surface area contributed by atoms with Crippen molar-refractivity contribution in [2.24, 2.45) is 0 Å². The maximum Gasteiger partial charge on any atom is 0.276 e. The molecule has 2 heterocycles. The highest BCUT2D eigenvalue weighted by Crippen LogP contribution is 2.32. The Labute approximate surface area is 131 Å². The number of hydrogen-bond acceptors (Lipinski definition) is 3. The summed E-state index contributed by atoms with van der Waals surface area (Å²) < 4.78 is 5.28. The lowest BCUT2D eigenvalue weighted by molar-refractivity contribution is 0.0601. The Morgan fingerprint density at radius 2 is 2.05 bits per heavy atom. The van der Waals surface area contributed by atoms with Crippen LogP contribution in [0.25, 0.3) is 0 Å². The summed E-state index contributed by atoms with van der Waals surface area (Å²) in [4.78, 5) is 14.8. The molecule has 2 aromatic rings. The molecule has 1 aromatic carbocycles. The molecule has 3 rings (SSSR count). The van der Waals surface area contributed by atoms with Crippen LogP contribution in [0.5, 0.6) is 0 Å². The minimum Gasteiger partial charge on any atom is -0.360 e. The van der Waals surface area contributed by atoms with Crippen molar-refractivity contribution >= 4 is 5.91 Å². The molecule has 0 N–H and O–H groups in total. The first-order chi connectivity index (χ1) is 10.7. The molecular formula is C18H22N2O2. The highest BCUT2D eigenvalue weighted by molar-refractivity contribution is 5.92. The normalized spacial score (nSPS) is 18.7. The standard InChI is InChI=1S/C18H22N2O2/c1-13(2)17-12-15(19-22-17)18(21)20-11-7-6-10-16(20)14-8-4-3-5-9-14/h3-5,8-9,12-13,16H,6-7,10-11H2,1-2H3/t16-/m1/s1. The van der Waals surface area contributed by atoms with Gasteiger partial charge in [-0.15, -0.1) is 0 Å². The first-order valence-electron chi connectivity index (χ1n) is 7.99. The maximum atomic E-state index is 12.8. The number of piperidine rings is 1. The van der Waals surface area contributed by atoms with Gasteiger partial charge in [0.25, 0.3) is 5.91 Å². The fourth-order valence-corrected chi connectivity index (χ4v) is 3.01. The van der Waals surface area contributed by atoms with Gasteiger partial charge in [-0.25, -0.2) is 0 Å². The third-order valence-electron chi connectivity index (χ3n) is 4.26. The zero-order chi connectivity index (χ0) is 15.5. The van der Waals surface area contributed by atoms with Crippen molar-refractivity contribution in [1.29, 1.82) is 0 Å². The van der Waals surface area contributed by atoms with Crippen molar-refractivity contribution in [3.8, 4) is 0 Å². The van der Waals surface area contributed by atoms with Gasteiger partial charge in [0.2, 0.25) is 0 Å². The summed E-state index contributed by atoms with van der Waals surface area (Å²) in [5, 5.41) is 3.97. The fraction of sp³-hybridized carbons (Fsp3) is 0.444. The average Bonchev–Trinajstić information content (AvgIpc) is 3.05. The van der Waals surface area contributed by atoms with Crippen LogP contribution in [0.1, 0.15) is 66.9 Å². The highest BCUT2D eigenvalue weighted by Gasteiger charge is 2.30. The van der Waals surface area contributed by atoms with Gasteiger partial charge in [0.05, 0.1) is 6.04 Å². The molecular weight excluding hydrogens is 276 g/mol. The van der Waals surface area contributed by atoms with Gasteiger partial charge in [0.15, 0.2) is 5.69 Å². The number of rotatable bonds is 3. The van der Waals surface area contributed by atoms with Gasteiger partial charge in [-0.3, -0.25) is 4.79 Å². The van der Waals surface area contributed by atoms with Crippen LogP contribution in [-0.4, -0.2) is 22.5 Å².